The van der Waals surface area contributed by atoms with E-state index in [1.807, 2.05) is 0 Å². The average molecular weight is 323 g/mol. The van der Waals surface area contributed by atoms with Crippen LogP contribution in [0.15, 0.2) is 42.5 Å². The minimum atomic E-state index is -5.01. The second kappa shape index (κ2) is 5.27. The highest BCUT2D eigenvalue weighted by molar-refractivity contribution is 5.79. The van der Waals surface area contributed by atoms with Gasteiger partial charge in [0.15, 0.2) is 0 Å². The lowest BCUT2D eigenvalue weighted by Crippen LogP contribution is -2.17. The van der Waals surface area contributed by atoms with Gasteiger partial charge in [0, 0.05) is 11.6 Å². The Bertz CT molecular complexity index is 857. The summed E-state index contributed by atoms with van der Waals surface area (Å²) in [6, 6.07) is 10.2. The Hall–Kier alpha value is -3.10. The fraction of sp³-hybridized carbons (Fsp3) is 0.0714. The number of rotatable bonds is 3. The number of para-hydroxylation sites is 2. The van der Waals surface area contributed by atoms with Gasteiger partial charge in [-0.2, -0.15) is 0 Å². The molecule has 0 atom stereocenters. The number of nitrogens with one attached hydrogen (secondary N) is 1. The van der Waals surface area contributed by atoms with E-state index in [4.69, 9.17) is 0 Å². The summed E-state index contributed by atoms with van der Waals surface area (Å²) >= 11 is 0. The Morgan fingerprint density at radius 1 is 1.17 bits per heavy atom. The molecule has 118 valence electrons. The summed E-state index contributed by atoms with van der Waals surface area (Å²) in [4.78, 5) is 17.2. The number of halogens is 3. The van der Waals surface area contributed by atoms with Crippen LogP contribution in [0.5, 0.6) is 5.75 Å². The summed E-state index contributed by atoms with van der Waals surface area (Å²) in [5.41, 5.74) is 0.837. The molecule has 0 saturated heterocycles. The molecule has 9 heteroatoms. The highest BCUT2D eigenvalue weighted by Crippen LogP contribution is 2.35. The van der Waals surface area contributed by atoms with Crippen LogP contribution in [-0.4, -0.2) is 21.3 Å². The van der Waals surface area contributed by atoms with E-state index in [1.165, 1.54) is 6.07 Å². The summed E-state index contributed by atoms with van der Waals surface area (Å²) in [7, 11) is 0. The van der Waals surface area contributed by atoms with Gasteiger partial charge in [0.1, 0.15) is 5.82 Å². The van der Waals surface area contributed by atoms with Crippen molar-refractivity contribution in [2.45, 2.75) is 6.36 Å². The first-order valence-corrected chi connectivity index (χ1v) is 6.33. The van der Waals surface area contributed by atoms with Crippen molar-refractivity contribution >= 4 is 16.7 Å². The van der Waals surface area contributed by atoms with Crippen LogP contribution < -0.4 is 4.74 Å². The zero-order chi connectivity index (χ0) is 16.6. The van der Waals surface area contributed by atoms with Crippen LogP contribution in [0, 0.1) is 10.1 Å². The number of hydrogen-bond donors (Lipinski definition) is 1. The number of nitro benzene ring substituents is 1. The normalized spacial score (nSPS) is 11.6. The second-order valence-corrected chi connectivity index (χ2v) is 4.59. The molecule has 23 heavy (non-hydrogen) atoms. The van der Waals surface area contributed by atoms with E-state index < -0.39 is 22.7 Å². The van der Waals surface area contributed by atoms with E-state index in [9.17, 15) is 23.3 Å². The summed E-state index contributed by atoms with van der Waals surface area (Å²) in [5.74, 6) is -0.560. The van der Waals surface area contributed by atoms with Gasteiger partial charge in [0.2, 0.25) is 5.75 Å². The number of H-pyrrole nitrogens is 1. The molecule has 6 nitrogen and oxygen atoms in total. The lowest BCUT2D eigenvalue weighted by molar-refractivity contribution is -0.388. The van der Waals surface area contributed by atoms with Crippen LogP contribution in [0.4, 0.5) is 18.9 Å². The lowest BCUT2D eigenvalue weighted by atomic mass is 10.2. The molecule has 0 bridgehead atoms. The molecule has 3 aromatic rings. The Balaban J connectivity index is 2.07. The number of aromatic amines is 1. The van der Waals surface area contributed by atoms with Crippen molar-refractivity contribution < 1.29 is 22.8 Å². The monoisotopic (exact) mass is 323 g/mol. The van der Waals surface area contributed by atoms with Gasteiger partial charge in [-0.25, -0.2) is 4.98 Å². The van der Waals surface area contributed by atoms with Crippen LogP contribution in [-0.2, 0) is 0 Å². The average Bonchev–Trinajstić information content (AvgIpc) is 2.89. The fourth-order valence-corrected chi connectivity index (χ4v) is 2.11. The van der Waals surface area contributed by atoms with Crippen LogP contribution in [0.1, 0.15) is 0 Å². The molecule has 0 fully saturated rings. The van der Waals surface area contributed by atoms with Gasteiger partial charge in [-0.1, -0.05) is 12.1 Å². The van der Waals surface area contributed by atoms with Gasteiger partial charge < -0.3 is 9.72 Å². The number of nitrogens with zero attached hydrogens (tertiary/aromatic N) is 2. The number of hydrogen-bond acceptors (Lipinski definition) is 4. The molecule has 0 saturated carbocycles. The zero-order valence-corrected chi connectivity index (χ0v) is 11.3. The molecular formula is C14H8F3N3O3. The van der Waals surface area contributed by atoms with Crippen molar-refractivity contribution in [2.75, 3.05) is 0 Å². The maximum absolute atomic E-state index is 12.3. The minimum absolute atomic E-state index is 0.280. The quantitative estimate of drug-likeness (QED) is 0.582. The Morgan fingerprint density at radius 2 is 1.91 bits per heavy atom. The molecule has 0 amide bonds. The molecule has 0 aliphatic carbocycles. The lowest BCUT2D eigenvalue weighted by Gasteiger charge is -2.09. The first kappa shape index (κ1) is 14.8. The summed E-state index contributed by atoms with van der Waals surface area (Å²) in [6.45, 7) is 0. The number of fused-ring (bicyclic) bond motifs is 1. The molecule has 1 N–H and O–H groups in total. The predicted octanol–water partition coefficient (Wildman–Crippen LogP) is 4.04. The molecule has 2 aromatic carbocycles. The number of imidazole rings is 1. The van der Waals surface area contributed by atoms with Gasteiger partial charge in [0.25, 0.3) is 0 Å². The summed E-state index contributed by atoms with van der Waals surface area (Å²) in [6.07, 6.45) is -5.01. The highest BCUT2D eigenvalue weighted by atomic mass is 19.4. The van der Waals surface area contributed by atoms with E-state index in [0.29, 0.717) is 16.9 Å². The number of benzene rings is 2. The Kier molecular flexibility index (Phi) is 3.40. The van der Waals surface area contributed by atoms with Crippen LogP contribution in [0.3, 0.4) is 0 Å². The first-order chi connectivity index (χ1) is 10.8. The maximum atomic E-state index is 12.3. The fourth-order valence-electron chi connectivity index (χ4n) is 2.11. The number of nitro groups is 1. The molecular weight excluding hydrogens is 315 g/mol. The van der Waals surface area contributed by atoms with E-state index in [-0.39, 0.29) is 5.56 Å². The van der Waals surface area contributed by atoms with Crippen LogP contribution >= 0.6 is 0 Å². The molecule has 0 radical (unpaired) electrons. The third-order valence-corrected chi connectivity index (χ3v) is 3.04. The van der Waals surface area contributed by atoms with Gasteiger partial charge >= 0.3 is 12.0 Å². The smallest absolute Gasteiger partial charge is 0.398 e. The van der Waals surface area contributed by atoms with Crippen molar-refractivity contribution in [2.24, 2.45) is 0 Å². The van der Waals surface area contributed by atoms with Crippen molar-refractivity contribution in [3.63, 3.8) is 0 Å². The van der Waals surface area contributed by atoms with E-state index in [0.717, 1.165) is 12.1 Å². The molecule has 0 unspecified atom stereocenters. The third-order valence-electron chi connectivity index (χ3n) is 3.04. The highest BCUT2D eigenvalue weighted by Gasteiger charge is 2.34. The second-order valence-electron chi connectivity index (χ2n) is 4.59. The van der Waals surface area contributed by atoms with E-state index >= 15 is 0 Å². The van der Waals surface area contributed by atoms with E-state index in [2.05, 4.69) is 14.7 Å². The molecule has 0 aliphatic rings. The molecule has 0 spiro atoms. The number of ether oxygens (including phenoxy) is 1. The van der Waals surface area contributed by atoms with Gasteiger partial charge in [0.05, 0.1) is 16.0 Å². The molecule has 3 rings (SSSR count). The molecule has 1 aromatic heterocycles. The van der Waals surface area contributed by atoms with Crippen molar-refractivity contribution in [3.8, 4) is 17.1 Å². The maximum Gasteiger partial charge on any atom is 0.573 e. The standard InChI is InChI=1S/C14H8F3N3O3/c15-14(16,17)23-12-6-5-8(7-11(12)20(21)22)13-18-9-3-1-2-4-10(9)19-13/h1-7H,(H,18,19). The SMILES string of the molecule is O=[N+]([O-])c1cc(-c2nc3ccccc3[nH]2)ccc1OC(F)(F)F. The minimum Gasteiger partial charge on any atom is -0.398 e. The van der Waals surface area contributed by atoms with Crippen molar-refractivity contribution in [1.29, 1.82) is 0 Å². The first-order valence-electron chi connectivity index (χ1n) is 6.33. The predicted molar refractivity (Wildman–Crippen MR) is 74.9 cm³/mol. The van der Waals surface area contributed by atoms with Gasteiger partial charge in [-0.15, -0.1) is 13.2 Å². The van der Waals surface area contributed by atoms with Gasteiger partial charge in [-0.05, 0) is 24.3 Å². The number of alkyl halides is 3. The Labute approximate surface area is 126 Å². The molecule has 0 aliphatic heterocycles. The van der Waals surface area contributed by atoms with Crippen LogP contribution in [0.2, 0.25) is 0 Å². The van der Waals surface area contributed by atoms with Crippen molar-refractivity contribution in [1.82, 2.24) is 9.97 Å². The largest absolute Gasteiger partial charge is 0.573 e. The topological polar surface area (TPSA) is 81.0 Å². The summed E-state index contributed by atoms with van der Waals surface area (Å²) < 4.78 is 40.5. The Morgan fingerprint density at radius 3 is 2.57 bits per heavy atom. The van der Waals surface area contributed by atoms with Crippen LogP contribution in [0.25, 0.3) is 22.4 Å². The van der Waals surface area contributed by atoms with E-state index in [1.54, 1.807) is 24.3 Å². The molecule has 1 heterocycles. The third kappa shape index (κ3) is 3.07. The zero-order valence-electron chi connectivity index (χ0n) is 11.3. The van der Waals surface area contributed by atoms with Crippen molar-refractivity contribution in [3.05, 3.63) is 52.6 Å². The summed E-state index contributed by atoms with van der Waals surface area (Å²) in [5, 5.41) is 11.0. The van der Waals surface area contributed by atoms with Gasteiger partial charge in [-0.3, -0.25) is 10.1 Å². The number of aromatic nitrogens is 2.